The van der Waals surface area contributed by atoms with Gasteiger partial charge in [-0.1, -0.05) is 13.8 Å². The van der Waals surface area contributed by atoms with E-state index in [-0.39, 0.29) is 19.0 Å². The van der Waals surface area contributed by atoms with Crippen LogP contribution in [0.4, 0.5) is 8.78 Å². The van der Waals surface area contributed by atoms with Gasteiger partial charge in [0.25, 0.3) is 6.43 Å². The molecule has 1 atom stereocenters. The van der Waals surface area contributed by atoms with Gasteiger partial charge in [0.15, 0.2) is 0 Å². The summed E-state index contributed by atoms with van der Waals surface area (Å²) in [6, 6.07) is 0. The summed E-state index contributed by atoms with van der Waals surface area (Å²) in [5.74, 6) is 0.111. The third-order valence-electron chi connectivity index (χ3n) is 1.42. The molecule has 0 amide bonds. The number of rotatable bonds is 5. The molecule has 2 N–H and O–H groups in total. The summed E-state index contributed by atoms with van der Waals surface area (Å²) in [7, 11) is 0. The van der Waals surface area contributed by atoms with Crippen molar-refractivity contribution in [2.45, 2.75) is 26.4 Å². The van der Waals surface area contributed by atoms with Crippen LogP contribution in [0.15, 0.2) is 0 Å². The number of hydrogen-bond acceptors (Lipinski definition) is 2. The van der Waals surface area contributed by atoms with Crippen LogP contribution in [-0.2, 0) is 0 Å². The van der Waals surface area contributed by atoms with Gasteiger partial charge in [-0.25, -0.2) is 8.78 Å². The predicted molar refractivity (Wildman–Crippen MR) is 39.7 cm³/mol. The minimum absolute atomic E-state index is 0.111. The summed E-state index contributed by atoms with van der Waals surface area (Å²) >= 11 is 0. The van der Waals surface area contributed by atoms with Crippen LogP contribution in [0.2, 0.25) is 0 Å². The van der Waals surface area contributed by atoms with Gasteiger partial charge < -0.3 is 10.4 Å². The highest BCUT2D eigenvalue weighted by molar-refractivity contribution is 4.62. The first kappa shape index (κ1) is 10.8. The zero-order chi connectivity index (χ0) is 8.85. The van der Waals surface area contributed by atoms with Gasteiger partial charge in [-0.2, -0.15) is 0 Å². The number of nitrogens with one attached hydrogen (secondary N) is 1. The third kappa shape index (κ3) is 6.19. The normalized spacial score (nSPS) is 14.5. The third-order valence-corrected chi connectivity index (χ3v) is 1.42. The van der Waals surface area contributed by atoms with E-state index in [0.717, 1.165) is 0 Å². The number of alkyl halides is 2. The van der Waals surface area contributed by atoms with Gasteiger partial charge in [0.05, 0.1) is 12.6 Å². The van der Waals surface area contributed by atoms with Gasteiger partial charge in [-0.15, -0.1) is 0 Å². The van der Waals surface area contributed by atoms with E-state index in [2.05, 4.69) is 5.32 Å². The minimum Gasteiger partial charge on any atom is -0.392 e. The Kier molecular flexibility index (Phi) is 5.32. The van der Waals surface area contributed by atoms with Gasteiger partial charge in [0.1, 0.15) is 0 Å². The Hall–Kier alpha value is -0.220. The van der Waals surface area contributed by atoms with E-state index in [0.29, 0.717) is 0 Å². The van der Waals surface area contributed by atoms with Crippen LogP contribution in [0.1, 0.15) is 13.8 Å². The second-order valence-electron chi connectivity index (χ2n) is 2.86. The fraction of sp³-hybridized carbons (Fsp3) is 1.00. The smallest absolute Gasteiger partial charge is 0.250 e. The first-order valence-electron chi connectivity index (χ1n) is 3.71. The van der Waals surface area contributed by atoms with Crippen LogP contribution < -0.4 is 5.32 Å². The Labute approximate surface area is 65.6 Å². The highest BCUT2D eigenvalue weighted by Gasteiger charge is 2.09. The second-order valence-corrected chi connectivity index (χ2v) is 2.86. The lowest BCUT2D eigenvalue weighted by Crippen LogP contribution is -2.33. The molecule has 11 heavy (non-hydrogen) atoms. The molecule has 0 aliphatic carbocycles. The van der Waals surface area contributed by atoms with Crippen molar-refractivity contribution in [3.63, 3.8) is 0 Å². The van der Waals surface area contributed by atoms with Crippen LogP contribution in [0, 0.1) is 5.92 Å². The molecule has 0 bridgehead atoms. The highest BCUT2D eigenvalue weighted by atomic mass is 19.3. The monoisotopic (exact) mass is 167 g/mol. The first-order chi connectivity index (χ1) is 5.04. The molecule has 0 aromatic heterocycles. The van der Waals surface area contributed by atoms with Gasteiger partial charge >= 0.3 is 0 Å². The van der Waals surface area contributed by atoms with Crippen molar-refractivity contribution in [3.8, 4) is 0 Å². The van der Waals surface area contributed by atoms with E-state index in [9.17, 15) is 8.78 Å². The van der Waals surface area contributed by atoms with Crippen molar-refractivity contribution in [1.82, 2.24) is 5.32 Å². The molecule has 0 aromatic carbocycles. The summed E-state index contributed by atoms with van der Waals surface area (Å²) in [5.41, 5.74) is 0. The van der Waals surface area contributed by atoms with Gasteiger partial charge in [0.2, 0.25) is 0 Å². The average Bonchev–Trinajstić information content (AvgIpc) is 1.86. The maximum absolute atomic E-state index is 11.5. The van der Waals surface area contributed by atoms with Crippen molar-refractivity contribution < 1.29 is 13.9 Å². The Morgan fingerprint density at radius 2 is 1.82 bits per heavy atom. The lowest BCUT2D eigenvalue weighted by atomic mass is 10.1. The van der Waals surface area contributed by atoms with Crippen molar-refractivity contribution in [2.75, 3.05) is 13.1 Å². The molecule has 0 saturated carbocycles. The molecule has 0 aliphatic rings. The van der Waals surface area contributed by atoms with Crippen LogP contribution in [0.25, 0.3) is 0 Å². The van der Waals surface area contributed by atoms with Crippen molar-refractivity contribution in [1.29, 1.82) is 0 Å². The van der Waals surface area contributed by atoms with E-state index < -0.39 is 12.5 Å². The molecule has 1 unspecified atom stereocenters. The van der Waals surface area contributed by atoms with Crippen LogP contribution in [0.3, 0.4) is 0 Å². The molecule has 4 heteroatoms. The summed E-state index contributed by atoms with van der Waals surface area (Å²) in [6.07, 6.45) is -2.87. The molecule has 0 spiro atoms. The molecule has 0 saturated heterocycles. The Bertz CT molecular complexity index is 98.4. The van der Waals surface area contributed by atoms with Gasteiger partial charge in [-0.3, -0.25) is 0 Å². The van der Waals surface area contributed by atoms with E-state index in [4.69, 9.17) is 5.11 Å². The van der Waals surface area contributed by atoms with Crippen molar-refractivity contribution in [2.24, 2.45) is 5.92 Å². The molecule has 0 heterocycles. The lowest BCUT2D eigenvalue weighted by molar-refractivity contribution is 0.106. The van der Waals surface area contributed by atoms with Crippen LogP contribution in [-0.4, -0.2) is 30.7 Å². The number of halogens is 2. The molecular formula is C7H15F2NO. The van der Waals surface area contributed by atoms with Crippen LogP contribution >= 0.6 is 0 Å². The number of hydrogen-bond donors (Lipinski definition) is 2. The topological polar surface area (TPSA) is 32.3 Å². The number of aliphatic hydroxyl groups excluding tert-OH is 1. The molecule has 0 aromatic rings. The molecule has 0 aliphatic heterocycles. The SMILES string of the molecule is CC(C)C(O)CNCC(F)F. The quantitative estimate of drug-likeness (QED) is 0.636. The Balaban J connectivity index is 3.24. The van der Waals surface area contributed by atoms with Crippen LogP contribution in [0.5, 0.6) is 0 Å². The molecule has 0 rings (SSSR count). The fourth-order valence-corrected chi connectivity index (χ4v) is 0.576. The van der Waals surface area contributed by atoms with Crippen molar-refractivity contribution >= 4 is 0 Å². The zero-order valence-corrected chi connectivity index (χ0v) is 6.85. The standard InChI is InChI=1S/C7H15F2NO/c1-5(2)6(11)3-10-4-7(8)9/h5-7,10-11H,3-4H2,1-2H3. The molecule has 0 fully saturated rings. The minimum atomic E-state index is -2.34. The largest absolute Gasteiger partial charge is 0.392 e. The fourth-order valence-electron chi connectivity index (χ4n) is 0.576. The second kappa shape index (κ2) is 5.43. The summed E-state index contributed by atoms with van der Waals surface area (Å²) in [6.45, 7) is 3.58. The Morgan fingerprint density at radius 3 is 2.18 bits per heavy atom. The maximum atomic E-state index is 11.5. The summed E-state index contributed by atoms with van der Waals surface area (Å²) < 4.78 is 23.1. The zero-order valence-electron chi connectivity index (χ0n) is 6.85. The van der Waals surface area contributed by atoms with E-state index in [1.807, 2.05) is 13.8 Å². The maximum Gasteiger partial charge on any atom is 0.250 e. The summed E-state index contributed by atoms with van der Waals surface area (Å²) in [5, 5.41) is 11.6. The first-order valence-corrected chi connectivity index (χ1v) is 3.71. The van der Waals surface area contributed by atoms with Crippen molar-refractivity contribution in [3.05, 3.63) is 0 Å². The number of aliphatic hydroxyl groups is 1. The molecule has 0 radical (unpaired) electrons. The van der Waals surface area contributed by atoms with Gasteiger partial charge in [-0.05, 0) is 5.92 Å². The highest BCUT2D eigenvalue weighted by Crippen LogP contribution is 1.99. The van der Waals surface area contributed by atoms with Gasteiger partial charge in [0, 0.05) is 6.54 Å². The van der Waals surface area contributed by atoms with E-state index in [1.54, 1.807) is 0 Å². The van der Waals surface area contributed by atoms with E-state index in [1.165, 1.54) is 0 Å². The lowest BCUT2D eigenvalue weighted by Gasteiger charge is -2.14. The molecule has 68 valence electrons. The molecular weight excluding hydrogens is 152 g/mol. The van der Waals surface area contributed by atoms with E-state index >= 15 is 0 Å². The predicted octanol–water partition coefficient (Wildman–Crippen LogP) is 0.858. The average molecular weight is 167 g/mol. The summed E-state index contributed by atoms with van der Waals surface area (Å²) in [4.78, 5) is 0. The molecule has 2 nitrogen and oxygen atoms in total. The Morgan fingerprint density at radius 1 is 1.27 bits per heavy atom.